The molecule has 29 heavy (non-hydrogen) atoms. The molecule has 0 saturated carbocycles. The molecule has 4 rings (SSSR count). The van der Waals surface area contributed by atoms with Gasteiger partial charge in [-0.3, -0.25) is 14.2 Å². The number of ether oxygens (including phenoxy) is 1. The van der Waals surface area contributed by atoms with Crippen LogP contribution in [0, 0.1) is 0 Å². The van der Waals surface area contributed by atoms with Gasteiger partial charge in [-0.15, -0.1) is 0 Å². The van der Waals surface area contributed by atoms with Crippen LogP contribution in [0.5, 0.6) is 5.88 Å². The number of benzene rings is 1. The number of likely N-dealkylation sites (tertiary alicyclic amines) is 1. The quantitative estimate of drug-likeness (QED) is 0.717. The smallest absolute Gasteiger partial charge is 0.274 e. The van der Waals surface area contributed by atoms with Crippen molar-refractivity contribution >= 4 is 11.8 Å². The zero-order chi connectivity index (χ0) is 20.4. The van der Waals surface area contributed by atoms with Crippen molar-refractivity contribution in [3.63, 3.8) is 0 Å². The number of carbonyl (C=O) groups is 2. The van der Waals surface area contributed by atoms with Gasteiger partial charge in [-0.1, -0.05) is 18.2 Å². The number of hydrogen-bond donors (Lipinski definition) is 1. The maximum absolute atomic E-state index is 13.1. The zero-order valence-electron chi connectivity index (χ0n) is 16.0. The Balaban J connectivity index is 1.77. The third-order valence-electron chi connectivity index (χ3n) is 5.01. The van der Waals surface area contributed by atoms with Crippen molar-refractivity contribution < 1.29 is 14.3 Å². The van der Waals surface area contributed by atoms with Crippen LogP contribution in [0.15, 0.2) is 54.9 Å². The predicted molar refractivity (Wildman–Crippen MR) is 107 cm³/mol. The van der Waals surface area contributed by atoms with E-state index < -0.39 is 11.9 Å². The Morgan fingerprint density at radius 1 is 1.17 bits per heavy atom. The molecule has 8 nitrogen and oxygen atoms in total. The second-order valence-electron chi connectivity index (χ2n) is 6.80. The van der Waals surface area contributed by atoms with E-state index in [4.69, 9.17) is 10.5 Å². The topological polar surface area (TPSA) is 103 Å². The first-order chi connectivity index (χ1) is 14.1. The van der Waals surface area contributed by atoms with E-state index in [-0.39, 0.29) is 11.6 Å². The van der Waals surface area contributed by atoms with Gasteiger partial charge >= 0.3 is 0 Å². The number of para-hydroxylation sites is 1. The Morgan fingerprint density at radius 2 is 1.97 bits per heavy atom. The Hall–Kier alpha value is -3.68. The lowest BCUT2D eigenvalue weighted by Crippen LogP contribution is -2.43. The standard InChI is InChI=1S/C21H21N5O3/c1-29-18-10-9-14(12-23-18)20-24-16(13-26(20)15-6-3-2-4-7-15)21(28)25-11-5-8-17(25)19(22)27/h2-4,6-7,9-10,12-13,17H,5,8,11H2,1H3,(H2,22,27). The minimum atomic E-state index is -0.588. The van der Waals surface area contributed by atoms with Gasteiger partial charge in [0.25, 0.3) is 5.91 Å². The monoisotopic (exact) mass is 391 g/mol. The summed E-state index contributed by atoms with van der Waals surface area (Å²) in [7, 11) is 1.55. The van der Waals surface area contributed by atoms with Gasteiger partial charge in [0.15, 0.2) is 0 Å². The van der Waals surface area contributed by atoms with Crippen LogP contribution in [0.1, 0.15) is 23.3 Å². The van der Waals surface area contributed by atoms with E-state index in [1.54, 1.807) is 25.6 Å². The lowest BCUT2D eigenvalue weighted by Gasteiger charge is -2.20. The molecule has 2 N–H and O–H groups in total. The first-order valence-electron chi connectivity index (χ1n) is 9.34. The van der Waals surface area contributed by atoms with E-state index in [0.717, 1.165) is 17.7 Å². The molecule has 1 unspecified atom stereocenters. The Morgan fingerprint density at radius 3 is 2.62 bits per heavy atom. The summed E-state index contributed by atoms with van der Waals surface area (Å²) in [5, 5.41) is 0. The number of nitrogens with zero attached hydrogens (tertiary/aromatic N) is 4. The van der Waals surface area contributed by atoms with Crippen LogP contribution in [-0.2, 0) is 4.79 Å². The van der Waals surface area contributed by atoms with Crippen LogP contribution in [0.2, 0.25) is 0 Å². The number of carbonyl (C=O) groups excluding carboxylic acids is 2. The van der Waals surface area contributed by atoms with Gasteiger partial charge in [0, 0.05) is 36.3 Å². The maximum atomic E-state index is 13.1. The highest BCUT2D eigenvalue weighted by Gasteiger charge is 2.34. The fourth-order valence-corrected chi connectivity index (χ4v) is 3.56. The number of primary amides is 1. The van der Waals surface area contributed by atoms with Crippen LogP contribution in [0.4, 0.5) is 0 Å². The van der Waals surface area contributed by atoms with Gasteiger partial charge < -0.3 is 15.4 Å². The van der Waals surface area contributed by atoms with Crippen molar-refractivity contribution in [3.8, 4) is 23.0 Å². The van der Waals surface area contributed by atoms with E-state index in [2.05, 4.69) is 9.97 Å². The van der Waals surface area contributed by atoms with Crippen LogP contribution >= 0.6 is 0 Å². The lowest BCUT2D eigenvalue weighted by molar-refractivity contribution is -0.121. The van der Waals surface area contributed by atoms with E-state index in [0.29, 0.717) is 24.7 Å². The third-order valence-corrected chi connectivity index (χ3v) is 5.01. The highest BCUT2D eigenvalue weighted by atomic mass is 16.5. The lowest BCUT2D eigenvalue weighted by atomic mass is 10.2. The molecular weight excluding hydrogens is 370 g/mol. The second-order valence-corrected chi connectivity index (χ2v) is 6.80. The van der Waals surface area contributed by atoms with Crippen LogP contribution in [0.25, 0.3) is 17.1 Å². The molecule has 1 aromatic carbocycles. The van der Waals surface area contributed by atoms with E-state index in [1.807, 2.05) is 41.0 Å². The predicted octanol–water partition coefficient (Wildman–Crippen LogP) is 2.03. The Kier molecular flexibility index (Phi) is 4.99. The fourth-order valence-electron chi connectivity index (χ4n) is 3.56. The highest BCUT2D eigenvalue weighted by molar-refractivity contribution is 5.96. The van der Waals surface area contributed by atoms with E-state index in [9.17, 15) is 9.59 Å². The minimum Gasteiger partial charge on any atom is -0.481 e. The zero-order valence-corrected chi connectivity index (χ0v) is 16.0. The molecule has 1 fully saturated rings. The second kappa shape index (κ2) is 7.75. The van der Waals surface area contributed by atoms with E-state index >= 15 is 0 Å². The van der Waals surface area contributed by atoms with Crippen molar-refractivity contribution in [2.75, 3.05) is 13.7 Å². The molecule has 1 aliphatic heterocycles. The molecule has 1 atom stereocenters. The largest absolute Gasteiger partial charge is 0.481 e. The molecule has 0 radical (unpaired) electrons. The van der Waals surface area contributed by atoms with E-state index in [1.165, 1.54) is 4.90 Å². The summed E-state index contributed by atoms with van der Waals surface area (Å²) in [5.74, 6) is 0.274. The summed E-state index contributed by atoms with van der Waals surface area (Å²) in [4.78, 5) is 35.1. The number of amides is 2. The number of aromatic nitrogens is 3. The molecule has 0 bridgehead atoms. The number of imidazole rings is 1. The number of rotatable bonds is 5. The van der Waals surface area contributed by atoms with Gasteiger partial charge in [0.2, 0.25) is 11.8 Å². The van der Waals surface area contributed by atoms with Crippen molar-refractivity contribution in [2.24, 2.45) is 5.73 Å². The Labute approximate surface area is 167 Å². The first-order valence-corrected chi connectivity index (χ1v) is 9.34. The van der Waals surface area contributed by atoms with Crippen LogP contribution in [0.3, 0.4) is 0 Å². The molecule has 3 aromatic rings. The average molecular weight is 391 g/mol. The summed E-state index contributed by atoms with van der Waals surface area (Å²) < 4.78 is 6.96. The van der Waals surface area contributed by atoms with Crippen molar-refractivity contribution in [1.29, 1.82) is 0 Å². The van der Waals surface area contributed by atoms with Gasteiger partial charge in [0.05, 0.1) is 7.11 Å². The number of pyridine rings is 1. The summed E-state index contributed by atoms with van der Waals surface area (Å²) >= 11 is 0. The van der Waals surface area contributed by atoms with Crippen molar-refractivity contribution in [3.05, 3.63) is 60.6 Å². The summed E-state index contributed by atoms with van der Waals surface area (Å²) in [6, 6.07) is 12.6. The van der Waals surface area contributed by atoms with Gasteiger partial charge in [-0.25, -0.2) is 9.97 Å². The number of methoxy groups -OCH3 is 1. The molecule has 0 spiro atoms. The van der Waals surface area contributed by atoms with Gasteiger partial charge in [-0.05, 0) is 31.0 Å². The molecule has 1 saturated heterocycles. The van der Waals surface area contributed by atoms with Crippen molar-refractivity contribution in [2.45, 2.75) is 18.9 Å². The summed E-state index contributed by atoms with van der Waals surface area (Å²) in [6.45, 7) is 0.490. The maximum Gasteiger partial charge on any atom is 0.274 e. The molecule has 8 heteroatoms. The molecule has 148 valence electrons. The highest BCUT2D eigenvalue weighted by Crippen LogP contribution is 2.26. The van der Waals surface area contributed by atoms with Crippen molar-refractivity contribution in [1.82, 2.24) is 19.4 Å². The molecule has 3 heterocycles. The number of hydrogen-bond acceptors (Lipinski definition) is 5. The normalized spacial score (nSPS) is 16.0. The van der Waals surface area contributed by atoms with Gasteiger partial charge in [0.1, 0.15) is 17.6 Å². The average Bonchev–Trinajstić information content (AvgIpc) is 3.42. The summed E-state index contributed by atoms with van der Waals surface area (Å²) in [6.07, 6.45) is 4.66. The first kappa shape index (κ1) is 18.7. The number of nitrogens with two attached hydrogens (primary N) is 1. The molecule has 2 aromatic heterocycles. The molecule has 2 amide bonds. The third kappa shape index (κ3) is 3.56. The molecule has 1 aliphatic rings. The SMILES string of the molecule is COc1ccc(-c2nc(C(=O)N3CCCC3C(N)=O)cn2-c2ccccc2)cn1. The fraction of sp³-hybridized carbons (Fsp3) is 0.238. The minimum absolute atomic E-state index is 0.257. The van der Waals surface area contributed by atoms with Gasteiger partial charge in [-0.2, -0.15) is 0 Å². The van der Waals surface area contributed by atoms with Crippen LogP contribution in [-0.4, -0.2) is 50.9 Å². The summed E-state index contributed by atoms with van der Waals surface area (Å²) in [5.41, 5.74) is 7.32. The Bertz CT molecular complexity index is 1030. The van der Waals surface area contributed by atoms with Crippen LogP contribution < -0.4 is 10.5 Å². The molecular formula is C21H21N5O3. The molecule has 0 aliphatic carbocycles.